The lowest BCUT2D eigenvalue weighted by Gasteiger charge is -2.07. The van der Waals surface area contributed by atoms with E-state index in [4.69, 9.17) is 5.73 Å². The van der Waals surface area contributed by atoms with Gasteiger partial charge < -0.3 is 11.1 Å². The Morgan fingerprint density at radius 1 is 1.40 bits per heavy atom. The van der Waals surface area contributed by atoms with Crippen LogP contribution in [0, 0.1) is 11.6 Å². The molecule has 0 aromatic heterocycles. The number of hydrogen-bond acceptors (Lipinski definition) is 4. The summed E-state index contributed by atoms with van der Waals surface area (Å²) < 4.78 is 26.2. The monoisotopic (exact) mass is 364 g/mol. The van der Waals surface area contributed by atoms with Crippen molar-refractivity contribution in [1.29, 1.82) is 0 Å². The van der Waals surface area contributed by atoms with E-state index in [0.717, 1.165) is 23.8 Å². The topological polar surface area (TPSA) is 79.5 Å². The fourth-order valence-corrected chi connectivity index (χ4v) is 3.12. The lowest BCUT2D eigenvalue weighted by molar-refractivity contribution is 0.245. The Labute approximate surface area is 148 Å². The number of carbonyl (C=O) groups excluding carboxylic acids is 1. The molecule has 25 heavy (non-hydrogen) atoms. The molecule has 2 rings (SSSR count). The smallest absolute Gasteiger partial charge is 0.321 e. The third kappa shape index (κ3) is 5.75. The van der Waals surface area contributed by atoms with Crippen LogP contribution in [0.3, 0.4) is 0 Å². The van der Waals surface area contributed by atoms with Crippen LogP contribution in [0.4, 0.5) is 13.6 Å². The molecular weight excluding hydrogens is 346 g/mol. The van der Waals surface area contributed by atoms with Gasteiger partial charge in [-0.05, 0) is 35.5 Å². The lowest BCUT2D eigenvalue weighted by atomic mass is 10.1. The van der Waals surface area contributed by atoms with E-state index in [-0.39, 0.29) is 12.6 Å². The molecule has 1 unspecified atom stereocenters. The van der Waals surface area contributed by atoms with Crippen LogP contribution in [0.1, 0.15) is 5.56 Å². The van der Waals surface area contributed by atoms with Crippen LogP contribution in [0.15, 0.2) is 59.8 Å². The average Bonchev–Trinajstić information content (AvgIpc) is 3.00. The maximum atomic E-state index is 13.1. The molecule has 5 nitrogen and oxygen atoms in total. The molecule has 1 heterocycles. The number of amidine groups is 1. The summed E-state index contributed by atoms with van der Waals surface area (Å²) in [7, 11) is 0. The second kappa shape index (κ2) is 9.03. The Balaban J connectivity index is 1.91. The van der Waals surface area contributed by atoms with Gasteiger partial charge in [0.2, 0.25) is 0 Å². The fraction of sp³-hybridized carbons (Fsp3) is 0.176. The minimum Gasteiger partial charge on any atom is -0.405 e. The summed E-state index contributed by atoms with van der Waals surface area (Å²) in [4.78, 5) is 16.3. The zero-order valence-electron chi connectivity index (χ0n) is 13.3. The van der Waals surface area contributed by atoms with Crippen molar-refractivity contribution in [3.8, 4) is 0 Å². The van der Waals surface area contributed by atoms with Gasteiger partial charge in [-0.1, -0.05) is 30.5 Å². The van der Waals surface area contributed by atoms with E-state index in [1.165, 1.54) is 18.0 Å². The highest BCUT2D eigenvalue weighted by atomic mass is 32.2. The number of nitrogens with one attached hydrogen (secondary N) is 2. The number of amides is 2. The standard InChI is InChI=1S/C17H18F2N4OS/c1-2-3-12(4-5-20)15-10-25-17(22-15)23-16(24)21-9-11-6-13(18)8-14(19)7-11/h2-8,15H,1,9-10,20H2,(H2,21,22,23,24)/b5-4-,12-3+. The van der Waals surface area contributed by atoms with Crippen LogP contribution >= 0.6 is 11.8 Å². The van der Waals surface area contributed by atoms with E-state index in [9.17, 15) is 13.6 Å². The zero-order valence-corrected chi connectivity index (χ0v) is 14.2. The predicted molar refractivity (Wildman–Crippen MR) is 97.0 cm³/mol. The van der Waals surface area contributed by atoms with Gasteiger partial charge in [0.15, 0.2) is 5.17 Å². The number of urea groups is 1. The van der Waals surface area contributed by atoms with Gasteiger partial charge in [0.25, 0.3) is 0 Å². The van der Waals surface area contributed by atoms with Crippen molar-refractivity contribution in [1.82, 2.24) is 10.6 Å². The van der Waals surface area contributed by atoms with E-state index in [2.05, 4.69) is 22.2 Å². The molecule has 4 N–H and O–H groups in total. The Hall–Kier alpha value is -2.61. The largest absolute Gasteiger partial charge is 0.405 e. The summed E-state index contributed by atoms with van der Waals surface area (Å²) >= 11 is 1.39. The molecule has 1 aromatic rings. The normalized spacial score (nSPS) is 17.4. The molecule has 0 radical (unpaired) electrons. The van der Waals surface area contributed by atoms with Crippen molar-refractivity contribution < 1.29 is 13.6 Å². The zero-order chi connectivity index (χ0) is 18.2. The molecule has 0 fully saturated rings. The quantitative estimate of drug-likeness (QED) is 0.703. The number of carbonyl (C=O) groups is 1. The van der Waals surface area contributed by atoms with Crippen LogP contribution in [0.5, 0.6) is 0 Å². The van der Waals surface area contributed by atoms with Gasteiger partial charge in [-0.2, -0.15) is 0 Å². The minimum absolute atomic E-state index is 0.000579. The van der Waals surface area contributed by atoms with Gasteiger partial charge in [-0.3, -0.25) is 10.3 Å². The summed E-state index contributed by atoms with van der Waals surface area (Å²) in [5, 5.41) is 5.61. The molecule has 0 bridgehead atoms. The number of hydrogen-bond donors (Lipinski definition) is 3. The van der Waals surface area contributed by atoms with E-state index in [0.29, 0.717) is 16.5 Å². The van der Waals surface area contributed by atoms with Gasteiger partial charge in [0.1, 0.15) is 11.6 Å². The first-order chi connectivity index (χ1) is 12.0. The number of rotatable bonds is 5. The van der Waals surface area contributed by atoms with Crippen molar-refractivity contribution >= 4 is 23.0 Å². The van der Waals surface area contributed by atoms with Crippen LogP contribution in [-0.4, -0.2) is 23.0 Å². The van der Waals surface area contributed by atoms with Gasteiger partial charge in [-0.15, -0.1) is 0 Å². The van der Waals surface area contributed by atoms with E-state index in [1.54, 1.807) is 18.2 Å². The minimum atomic E-state index is -0.690. The molecule has 1 aliphatic heterocycles. The van der Waals surface area contributed by atoms with E-state index in [1.807, 2.05) is 0 Å². The van der Waals surface area contributed by atoms with Crippen molar-refractivity contribution in [2.24, 2.45) is 10.7 Å². The number of aliphatic imine (C=N–C) groups is 1. The number of nitrogens with two attached hydrogens (primary N) is 1. The van der Waals surface area contributed by atoms with E-state index >= 15 is 0 Å². The number of allylic oxidation sites excluding steroid dienone is 2. The Morgan fingerprint density at radius 3 is 2.76 bits per heavy atom. The lowest BCUT2D eigenvalue weighted by Crippen LogP contribution is -2.37. The van der Waals surface area contributed by atoms with Crippen molar-refractivity contribution in [3.63, 3.8) is 0 Å². The van der Waals surface area contributed by atoms with Gasteiger partial charge >= 0.3 is 6.03 Å². The molecule has 0 saturated carbocycles. The van der Waals surface area contributed by atoms with Crippen LogP contribution in [-0.2, 0) is 6.54 Å². The number of thioether (sulfide) groups is 1. The molecule has 132 valence electrons. The molecule has 0 spiro atoms. The Kier molecular flexibility index (Phi) is 6.76. The highest BCUT2D eigenvalue weighted by molar-refractivity contribution is 8.14. The van der Waals surface area contributed by atoms with Crippen molar-refractivity contribution in [3.05, 3.63) is 72.0 Å². The number of nitrogens with zero attached hydrogens (tertiary/aromatic N) is 1. The highest BCUT2D eigenvalue weighted by Gasteiger charge is 2.21. The summed E-state index contributed by atoms with van der Waals surface area (Å²) in [5.41, 5.74) is 6.63. The second-order valence-corrected chi connectivity index (χ2v) is 6.12. The molecule has 8 heteroatoms. The number of halogens is 2. The summed E-state index contributed by atoms with van der Waals surface area (Å²) in [5.74, 6) is -0.718. The van der Waals surface area contributed by atoms with Gasteiger partial charge in [0, 0.05) is 18.4 Å². The molecular formula is C17H18F2N4OS. The van der Waals surface area contributed by atoms with Crippen molar-refractivity contribution in [2.45, 2.75) is 12.6 Å². The van der Waals surface area contributed by atoms with Crippen LogP contribution in [0.25, 0.3) is 0 Å². The second-order valence-electron chi connectivity index (χ2n) is 5.11. The Morgan fingerprint density at radius 2 is 2.12 bits per heavy atom. The molecule has 1 aromatic carbocycles. The third-order valence-corrected chi connectivity index (χ3v) is 4.19. The summed E-state index contributed by atoms with van der Waals surface area (Å²) in [6, 6.07) is 2.47. The first-order valence-corrected chi connectivity index (χ1v) is 8.41. The van der Waals surface area contributed by atoms with Crippen LogP contribution in [0.2, 0.25) is 0 Å². The maximum Gasteiger partial charge on any atom is 0.321 e. The van der Waals surface area contributed by atoms with Gasteiger partial charge in [0.05, 0.1) is 6.04 Å². The van der Waals surface area contributed by atoms with Crippen molar-refractivity contribution in [2.75, 3.05) is 5.75 Å². The fourth-order valence-electron chi connectivity index (χ4n) is 2.17. The molecule has 1 aliphatic rings. The molecule has 0 saturated heterocycles. The number of benzene rings is 1. The molecule has 2 amide bonds. The molecule has 1 atom stereocenters. The van der Waals surface area contributed by atoms with E-state index < -0.39 is 17.7 Å². The molecule has 0 aliphatic carbocycles. The summed E-state index contributed by atoms with van der Waals surface area (Å²) in [6.45, 7) is 3.65. The first kappa shape index (κ1) is 18.7. The predicted octanol–water partition coefficient (Wildman–Crippen LogP) is 2.82. The third-order valence-electron chi connectivity index (χ3n) is 3.23. The first-order valence-electron chi connectivity index (χ1n) is 7.43. The summed E-state index contributed by atoms with van der Waals surface area (Å²) in [6.07, 6.45) is 6.61. The van der Waals surface area contributed by atoms with Gasteiger partial charge in [-0.25, -0.2) is 13.6 Å². The average molecular weight is 364 g/mol. The Bertz CT molecular complexity index is 726. The highest BCUT2D eigenvalue weighted by Crippen LogP contribution is 2.23. The van der Waals surface area contributed by atoms with Crippen LogP contribution < -0.4 is 16.4 Å². The maximum absolute atomic E-state index is 13.1. The SMILES string of the molecule is C=C/C=C(\C=C/N)C1CSC(NC(=O)NCc2cc(F)cc(F)c2)=N1.